The zero-order valence-corrected chi connectivity index (χ0v) is 20.4. The number of piperazine rings is 1. The van der Waals surface area contributed by atoms with E-state index in [1.54, 1.807) is 6.08 Å². The average molecular weight is 459 g/mol. The Hall–Kier alpha value is -0.950. The van der Waals surface area contributed by atoms with Gasteiger partial charge in [0.1, 0.15) is 6.61 Å². The summed E-state index contributed by atoms with van der Waals surface area (Å²) in [5, 5.41) is 27.5. The van der Waals surface area contributed by atoms with Gasteiger partial charge in [-0.05, 0) is 86.0 Å². The summed E-state index contributed by atoms with van der Waals surface area (Å²) in [7, 11) is 0. The van der Waals surface area contributed by atoms with Crippen LogP contribution in [0.3, 0.4) is 0 Å². The molecule has 6 heteroatoms. The van der Waals surface area contributed by atoms with Crippen LogP contribution in [0.4, 0.5) is 0 Å². The van der Waals surface area contributed by atoms with E-state index >= 15 is 0 Å². The second kappa shape index (κ2) is 7.78. The highest BCUT2D eigenvalue weighted by Crippen LogP contribution is 2.70. The molecule has 1 saturated heterocycles. The van der Waals surface area contributed by atoms with Crippen LogP contribution < -0.4 is 5.32 Å². The number of hydrogen-bond donors (Lipinski definition) is 3. The standard InChI is InChI=1S/C27H42N2O4/c1-25-7-5-19(29-11-9-28-10-12-29)14-18(25)3-4-21-22(25)15-23(30)26(2)20(6-8-27(21,26)32)17-13-24(31)33-16-17/h13,18-23,28,30,32H,3-12,14-16H2,1-2H3/t18-,19+,20-,21-,22+,23-,25+,26+,27+/m1/s1. The van der Waals surface area contributed by atoms with E-state index in [1.807, 2.05) is 0 Å². The van der Waals surface area contributed by atoms with Crippen molar-refractivity contribution in [1.82, 2.24) is 10.2 Å². The first-order valence-electron chi connectivity index (χ1n) is 13.5. The molecule has 184 valence electrons. The third kappa shape index (κ3) is 3.09. The maximum atomic E-state index is 12.4. The number of rotatable bonds is 2. The quantitative estimate of drug-likeness (QED) is 0.552. The van der Waals surface area contributed by atoms with Crippen molar-refractivity contribution in [3.05, 3.63) is 11.6 Å². The SMILES string of the molecule is C[C@]12CC[C@H](N3CCNCC3)C[C@H]1CC[C@@H]1[C@@H]2C[C@@H](O)[C@]2(C)[C@@H](C3=CC(=O)OC3)CC[C@]12O. The number of hydrogen-bond acceptors (Lipinski definition) is 6. The summed E-state index contributed by atoms with van der Waals surface area (Å²) in [6.45, 7) is 9.46. The highest BCUT2D eigenvalue weighted by molar-refractivity contribution is 5.85. The van der Waals surface area contributed by atoms with E-state index in [4.69, 9.17) is 4.74 Å². The molecule has 0 aromatic carbocycles. The molecular formula is C27H42N2O4. The highest BCUT2D eigenvalue weighted by atomic mass is 16.5. The second-order valence-corrected chi connectivity index (χ2v) is 12.6. The second-order valence-electron chi connectivity index (χ2n) is 12.6. The number of carbonyl (C=O) groups is 1. The van der Waals surface area contributed by atoms with Crippen LogP contribution >= 0.6 is 0 Å². The molecule has 0 unspecified atom stereocenters. The van der Waals surface area contributed by atoms with E-state index in [2.05, 4.69) is 24.1 Å². The molecule has 0 amide bonds. The highest BCUT2D eigenvalue weighted by Gasteiger charge is 2.70. The van der Waals surface area contributed by atoms with Gasteiger partial charge in [0.25, 0.3) is 0 Å². The summed E-state index contributed by atoms with van der Waals surface area (Å²) >= 11 is 0. The number of aliphatic hydroxyl groups excluding tert-OH is 1. The monoisotopic (exact) mass is 458 g/mol. The maximum Gasteiger partial charge on any atom is 0.331 e. The molecule has 2 heterocycles. The molecule has 5 fully saturated rings. The fraction of sp³-hybridized carbons (Fsp3) is 0.889. The Morgan fingerprint density at radius 2 is 1.85 bits per heavy atom. The number of esters is 1. The van der Waals surface area contributed by atoms with Gasteiger partial charge in [-0.1, -0.05) is 13.8 Å². The number of cyclic esters (lactones) is 1. The van der Waals surface area contributed by atoms with Crippen molar-refractivity contribution in [2.75, 3.05) is 32.8 Å². The van der Waals surface area contributed by atoms with Crippen molar-refractivity contribution < 1.29 is 19.7 Å². The zero-order valence-electron chi connectivity index (χ0n) is 20.4. The van der Waals surface area contributed by atoms with Gasteiger partial charge in [0.2, 0.25) is 0 Å². The summed E-state index contributed by atoms with van der Waals surface area (Å²) in [6, 6.07) is 0.700. The molecule has 0 aromatic rings. The predicted octanol–water partition coefficient (Wildman–Crippen LogP) is 2.49. The van der Waals surface area contributed by atoms with Crippen molar-refractivity contribution >= 4 is 5.97 Å². The Labute approximate surface area is 198 Å². The van der Waals surface area contributed by atoms with E-state index in [-0.39, 0.29) is 23.2 Å². The maximum absolute atomic E-state index is 12.4. The molecule has 3 N–H and O–H groups in total. The molecule has 0 spiro atoms. The minimum absolute atomic E-state index is 0.0267. The minimum atomic E-state index is -0.865. The van der Waals surface area contributed by atoms with Crippen LogP contribution in [-0.2, 0) is 9.53 Å². The van der Waals surface area contributed by atoms with Gasteiger partial charge < -0.3 is 20.3 Å². The number of nitrogens with one attached hydrogen (secondary N) is 1. The van der Waals surface area contributed by atoms with Gasteiger partial charge in [-0.2, -0.15) is 0 Å². The zero-order chi connectivity index (χ0) is 23.0. The van der Waals surface area contributed by atoms with E-state index in [0.29, 0.717) is 24.5 Å². The Bertz CT molecular complexity index is 840. The van der Waals surface area contributed by atoms with Crippen LogP contribution in [0, 0.1) is 34.5 Å². The fourth-order valence-electron chi connectivity index (χ4n) is 9.75. The lowest BCUT2D eigenvalue weighted by Crippen LogP contribution is -2.67. The third-order valence-electron chi connectivity index (χ3n) is 11.7. The molecule has 0 aromatic heterocycles. The van der Waals surface area contributed by atoms with Crippen molar-refractivity contribution in [3.8, 4) is 0 Å². The van der Waals surface area contributed by atoms with Crippen LogP contribution in [-0.4, -0.2) is 71.6 Å². The van der Waals surface area contributed by atoms with Crippen molar-refractivity contribution in [3.63, 3.8) is 0 Å². The molecule has 6 aliphatic rings. The van der Waals surface area contributed by atoms with Gasteiger partial charge in [-0.15, -0.1) is 0 Å². The predicted molar refractivity (Wildman–Crippen MR) is 125 cm³/mol. The number of fused-ring (bicyclic) bond motifs is 5. The van der Waals surface area contributed by atoms with Crippen molar-refractivity contribution in [2.24, 2.45) is 34.5 Å². The number of nitrogens with zero attached hydrogens (tertiary/aromatic N) is 1. The third-order valence-corrected chi connectivity index (χ3v) is 11.7. The van der Waals surface area contributed by atoms with Crippen LogP contribution in [0.5, 0.6) is 0 Å². The van der Waals surface area contributed by atoms with Gasteiger partial charge in [0.15, 0.2) is 0 Å². The molecule has 4 saturated carbocycles. The molecular weight excluding hydrogens is 416 g/mol. The average Bonchev–Trinajstić information content (AvgIpc) is 3.36. The normalized spacial score (nSPS) is 52.5. The summed E-state index contributed by atoms with van der Waals surface area (Å²) in [4.78, 5) is 14.5. The van der Waals surface area contributed by atoms with Crippen LogP contribution in [0.15, 0.2) is 11.6 Å². The lowest BCUT2D eigenvalue weighted by molar-refractivity contribution is -0.244. The van der Waals surface area contributed by atoms with Crippen LogP contribution in [0.1, 0.15) is 65.2 Å². The number of carbonyl (C=O) groups excluding carboxylic acids is 1. The number of aliphatic hydroxyl groups is 2. The first-order chi connectivity index (χ1) is 15.8. The van der Waals surface area contributed by atoms with E-state index in [1.165, 1.54) is 38.8 Å². The topological polar surface area (TPSA) is 82.0 Å². The number of ether oxygens (including phenoxy) is 1. The Morgan fingerprint density at radius 1 is 1.06 bits per heavy atom. The Kier molecular flexibility index (Phi) is 5.30. The van der Waals surface area contributed by atoms with Gasteiger partial charge in [-0.25, -0.2) is 4.79 Å². The van der Waals surface area contributed by atoms with Gasteiger partial charge in [0, 0.05) is 43.7 Å². The molecule has 6 rings (SSSR count). The van der Waals surface area contributed by atoms with Gasteiger partial charge >= 0.3 is 5.97 Å². The molecule has 33 heavy (non-hydrogen) atoms. The van der Waals surface area contributed by atoms with E-state index < -0.39 is 17.1 Å². The summed E-state index contributed by atoms with van der Waals surface area (Å²) in [5.41, 5.74) is -0.285. The molecule has 0 radical (unpaired) electrons. The molecule has 2 aliphatic heterocycles. The van der Waals surface area contributed by atoms with Gasteiger partial charge in [-0.3, -0.25) is 4.90 Å². The van der Waals surface area contributed by atoms with E-state index in [0.717, 1.165) is 44.3 Å². The van der Waals surface area contributed by atoms with Crippen molar-refractivity contribution in [2.45, 2.75) is 83.0 Å². The molecule has 0 bridgehead atoms. The summed E-state index contributed by atoms with van der Waals surface area (Å²) in [6.07, 6.45) is 9.42. The Morgan fingerprint density at radius 3 is 2.58 bits per heavy atom. The summed E-state index contributed by atoms with van der Waals surface area (Å²) in [5.74, 6) is 1.06. The first-order valence-corrected chi connectivity index (χ1v) is 13.5. The first kappa shape index (κ1) is 22.5. The Balaban J connectivity index is 1.26. The van der Waals surface area contributed by atoms with Crippen LogP contribution in [0.25, 0.3) is 0 Å². The summed E-state index contributed by atoms with van der Waals surface area (Å²) < 4.78 is 5.22. The molecule has 6 nitrogen and oxygen atoms in total. The molecule has 4 aliphatic carbocycles. The lowest BCUT2D eigenvalue weighted by Gasteiger charge is -2.65. The lowest BCUT2D eigenvalue weighted by atomic mass is 9.42. The van der Waals surface area contributed by atoms with E-state index in [9.17, 15) is 15.0 Å². The van der Waals surface area contributed by atoms with Gasteiger partial charge in [0.05, 0.1) is 11.7 Å². The fourth-order valence-corrected chi connectivity index (χ4v) is 9.75. The van der Waals surface area contributed by atoms with Crippen LogP contribution in [0.2, 0.25) is 0 Å². The van der Waals surface area contributed by atoms with Crippen molar-refractivity contribution in [1.29, 1.82) is 0 Å². The smallest absolute Gasteiger partial charge is 0.331 e. The largest absolute Gasteiger partial charge is 0.458 e. The molecule has 9 atom stereocenters. The minimum Gasteiger partial charge on any atom is -0.458 e.